The van der Waals surface area contributed by atoms with Gasteiger partial charge in [0.15, 0.2) is 0 Å². The summed E-state index contributed by atoms with van der Waals surface area (Å²) in [5.41, 5.74) is 11.5. The van der Waals surface area contributed by atoms with E-state index in [1.54, 1.807) is 0 Å². The van der Waals surface area contributed by atoms with Crippen molar-refractivity contribution >= 4 is 62.3 Å². The Morgan fingerprint density at radius 1 is 0.929 bits per heavy atom. The molecule has 3 aromatic carbocycles. The molecule has 6 heteroatoms. The van der Waals surface area contributed by atoms with Crippen LogP contribution in [0.3, 0.4) is 0 Å². The quantitative estimate of drug-likeness (QED) is 0.310. The number of nitrogens with one attached hydrogen (secondary N) is 2. The fourth-order valence-electron chi connectivity index (χ4n) is 3.33. The van der Waals surface area contributed by atoms with E-state index in [1.807, 2.05) is 24.3 Å². The maximum Gasteiger partial charge on any atom is 0.0595 e. The van der Waals surface area contributed by atoms with Crippen LogP contribution in [0.1, 0.15) is 11.1 Å². The lowest BCUT2D eigenvalue weighted by Crippen LogP contribution is -2.05. The summed E-state index contributed by atoms with van der Waals surface area (Å²) in [6, 6.07) is 18.4. The molecule has 0 bridgehead atoms. The van der Waals surface area contributed by atoms with E-state index >= 15 is 0 Å². The summed E-state index contributed by atoms with van der Waals surface area (Å²) < 4.78 is 0. The number of benzene rings is 3. The smallest absolute Gasteiger partial charge is 0.0595 e. The van der Waals surface area contributed by atoms with Gasteiger partial charge in [-0.1, -0.05) is 47.5 Å². The minimum absolute atomic E-state index is 0.570. The van der Waals surface area contributed by atoms with Gasteiger partial charge in [-0.3, -0.25) is 0 Å². The number of hydrogen-bond acceptors (Lipinski definition) is 2. The normalized spacial score (nSPS) is 10.8. The van der Waals surface area contributed by atoms with Crippen LogP contribution in [0.2, 0.25) is 10.0 Å². The molecular weight excluding hydrogens is 413 g/mol. The molecule has 0 aliphatic carbocycles. The van der Waals surface area contributed by atoms with Gasteiger partial charge in [0.2, 0.25) is 0 Å². The zero-order valence-electron chi connectivity index (χ0n) is 15.5. The molecule has 1 heterocycles. The summed E-state index contributed by atoms with van der Waals surface area (Å²) in [6.45, 7) is 1.29. The SMILES string of the molecule is CCl.NCCc1cc(NCc2ccc(Cl)c(Cl)c2)cc2c1[nH]c1ccccc12. The first-order valence-electron chi connectivity index (χ1n) is 8.94. The van der Waals surface area contributed by atoms with Gasteiger partial charge in [-0.2, -0.15) is 0 Å². The Kier molecular flexibility index (Phi) is 7.08. The second-order valence-corrected chi connectivity index (χ2v) is 7.18. The lowest BCUT2D eigenvalue weighted by molar-refractivity contribution is 0.974. The highest BCUT2D eigenvalue weighted by atomic mass is 35.5. The van der Waals surface area contributed by atoms with Crippen molar-refractivity contribution in [1.29, 1.82) is 0 Å². The minimum Gasteiger partial charge on any atom is -0.381 e. The molecule has 4 rings (SSSR count). The molecule has 28 heavy (non-hydrogen) atoms. The Bertz CT molecular complexity index is 1090. The molecular formula is C22H22Cl3N3. The molecule has 4 N–H and O–H groups in total. The van der Waals surface area contributed by atoms with Gasteiger partial charge >= 0.3 is 0 Å². The van der Waals surface area contributed by atoms with Crippen LogP contribution in [-0.4, -0.2) is 17.9 Å². The molecule has 0 aliphatic rings. The third-order valence-corrected chi connectivity index (χ3v) is 5.33. The van der Waals surface area contributed by atoms with Crippen LogP contribution in [0.25, 0.3) is 21.8 Å². The molecule has 146 valence electrons. The van der Waals surface area contributed by atoms with Gasteiger partial charge in [0.1, 0.15) is 0 Å². The minimum atomic E-state index is 0.570. The van der Waals surface area contributed by atoms with Crippen LogP contribution in [0, 0.1) is 0 Å². The summed E-state index contributed by atoms with van der Waals surface area (Å²) in [5.74, 6) is 0. The third-order valence-electron chi connectivity index (χ3n) is 4.59. The molecule has 0 spiro atoms. The van der Waals surface area contributed by atoms with E-state index in [1.165, 1.54) is 22.7 Å². The standard InChI is InChI=1S/C21H19Cl2N3.CH3Cl/c22-18-6-5-13(9-19(18)23)12-25-15-10-14(7-8-24)21-17(11-15)16-3-1-2-4-20(16)26-21;1-2/h1-6,9-11,25-26H,7-8,12,24H2;1H3. The zero-order valence-corrected chi connectivity index (χ0v) is 17.8. The van der Waals surface area contributed by atoms with Gasteiger partial charge in [-0.25, -0.2) is 0 Å². The van der Waals surface area contributed by atoms with Gasteiger partial charge in [-0.05, 0) is 54.4 Å². The van der Waals surface area contributed by atoms with Gasteiger partial charge in [0.05, 0.1) is 10.0 Å². The lowest BCUT2D eigenvalue weighted by atomic mass is 10.0. The van der Waals surface area contributed by atoms with Crippen molar-refractivity contribution in [1.82, 2.24) is 4.98 Å². The van der Waals surface area contributed by atoms with E-state index in [9.17, 15) is 0 Å². The Balaban J connectivity index is 0.00000109. The molecule has 1 aromatic heterocycles. The van der Waals surface area contributed by atoms with Crippen LogP contribution < -0.4 is 11.1 Å². The summed E-state index contributed by atoms with van der Waals surface area (Å²) in [5, 5.41) is 7.07. The first kappa shape index (κ1) is 20.8. The molecule has 0 fully saturated rings. The van der Waals surface area contributed by atoms with Crippen molar-refractivity contribution in [3.63, 3.8) is 0 Å². The summed E-state index contributed by atoms with van der Waals surface area (Å²) >= 11 is 16.7. The molecule has 4 aromatic rings. The number of fused-ring (bicyclic) bond motifs is 3. The van der Waals surface area contributed by atoms with Crippen molar-refractivity contribution in [2.45, 2.75) is 13.0 Å². The van der Waals surface area contributed by atoms with E-state index < -0.39 is 0 Å². The number of alkyl halides is 1. The number of nitrogens with two attached hydrogens (primary N) is 1. The Morgan fingerprint density at radius 3 is 2.46 bits per heavy atom. The maximum absolute atomic E-state index is 6.11. The average Bonchev–Trinajstić information content (AvgIpc) is 3.10. The van der Waals surface area contributed by atoms with Gasteiger partial charge in [0, 0.05) is 40.4 Å². The van der Waals surface area contributed by atoms with Gasteiger partial charge in [0.25, 0.3) is 0 Å². The first-order valence-corrected chi connectivity index (χ1v) is 10.5. The number of aromatic amines is 1. The second-order valence-electron chi connectivity index (χ2n) is 6.37. The molecule has 0 unspecified atom stereocenters. The van der Waals surface area contributed by atoms with Crippen LogP contribution in [0.15, 0.2) is 54.6 Å². The third kappa shape index (κ3) is 4.39. The molecule has 0 saturated carbocycles. The highest BCUT2D eigenvalue weighted by Crippen LogP contribution is 2.31. The highest BCUT2D eigenvalue weighted by molar-refractivity contribution is 6.42. The summed E-state index contributed by atoms with van der Waals surface area (Å²) in [4.78, 5) is 3.53. The molecule has 0 radical (unpaired) electrons. The number of rotatable bonds is 5. The number of aromatic nitrogens is 1. The largest absolute Gasteiger partial charge is 0.381 e. The topological polar surface area (TPSA) is 53.8 Å². The van der Waals surface area contributed by atoms with Crippen LogP contribution in [0.5, 0.6) is 0 Å². The van der Waals surface area contributed by atoms with E-state index in [0.29, 0.717) is 23.1 Å². The first-order chi connectivity index (χ1) is 13.7. The van der Waals surface area contributed by atoms with Gasteiger partial charge < -0.3 is 16.0 Å². The number of para-hydroxylation sites is 1. The molecule has 0 amide bonds. The number of H-pyrrole nitrogens is 1. The predicted octanol–water partition coefficient (Wildman–Crippen LogP) is 6.60. The number of halogens is 3. The number of hydrogen-bond donors (Lipinski definition) is 3. The van der Waals surface area contributed by atoms with E-state index in [2.05, 4.69) is 52.2 Å². The second kappa shape index (κ2) is 9.53. The fraction of sp³-hybridized carbons (Fsp3) is 0.182. The van der Waals surface area contributed by atoms with Crippen LogP contribution in [0.4, 0.5) is 5.69 Å². The van der Waals surface area contributed by atoms with Crippen LogP contribution in [-0.2, 0) is 13.0 Å². The monoisotopic (exact) mass is 433 g/mol. The van der Waals surface area contributed by atoms with Gasteiger partial charge in [-0.15, -0.1) is 11.6 Å². The van der Waals surface area contributed by atoms with E-state index in [-0.39, 0.29) is 0 Å². The summed E-state index contributed by atoms with van der Waals surface area (Å²) in [6.07, 6.45) is 2.30. The van der Waals surface area contributed by atoms with E-state index in [0.717, 1.165) is 28.7 Å². The Labute approximate surface area is 179 Å². The average molecular weight is 435 g/mol. The summed E-state index contributed by atoms with van der Waals surface area (Å²) in [7, 11) is 0. The van der Waals surface area contributed by atoms with Crippen molar-refractivity contribution in [2.24, 2.45) is 5.73 Å². The van der Waals surface area contributed by atoms with Crippen molar-refractivity contribution in [2.75, 3.05) is 18.2 Å². The molecule has 0 atom stereocenters. The Morgan fingerprint density at radius 2 is 1.71 bits per heavy atom. The zero-order chi connectivity index (χ0) is 20.1. The Hall–Kier alpha value is -1.91. The van der Waals surface area contributed by atoms with E-state index in [4.69, 9.17) is 28.9 Å². The van der Waals surface area contributed by atoms with Crippen molar-refractivity contribution < 1.29 is 0 Å². The molecule has 0 aliphatic heterocycles. The lowest BCUT2D eigenvalue weighted by Gasteiger charge is -2.11. The maximum atomic E-state index is 6.11. The molecule has 3 nitrogen and oxygen atoms in total. The number of anilines is 1. The van der Waals surface area contributed by atoms with Crippen molar-refractivity contribution in [3.8, 4) is 0 Å². The molecule has 0 saturated heterocycles. The predicted molar refractivity (Wildman–Crippen MR) is 124 cm³/mol. The van der Waals surface area contributed by atoms with Crippen LogP contribution >= 0.6 is 34.8 Å². The van der Waals surface area contributed by atoms with Crippen molar-refractivity contribution in [3.05, 3.63) is 75.8 Å². The highest BCUT2D eigenvalue weighted by Gasteiger charge is 2.10. The fourth-order valence-corrected chi connectivity index (χ4v) is 3.65.